The van der Waals surface area contributed by atoms with Gasteiger partial charge < -0.3 is 9.88 Å². The third kappa shape index (κ3) is 4.21. The lowest BCUT2D eigenvalue weighted by atomic mass is 9.93. The van der Waals surface area contributed by atoms with Crippen molar-refractivity contribution in [3.8, 4) is 0 Å². The molecular weight excluding hydrogens is 386 g/mol. The normalized spacial score (nSPS) is 22.0. The molecule has 4 rings (SSSR count). The SMILES string of the molecule is CCn1ccc2cc(S(=O)(=O)N3CCCC(C(=O)NC4CCCCC4)C3)ccc21. The van der Waals surface area contributed by atoms with Crippen molar-refractivity contribution in [1.29, 1.82) is 0 Å². The Morgan fingerprint density at radius 3 is 2.66 bits per heavy atom. The van der Waals surface area contributed by atoms with Crippen molar-refractivity contribution in [2.75, 3.05) is 13.1 Å². The van der Waals surface area contributed by atoms with Gasteiger partial charge in [-0.25, -0.2) is 8.42 Å². The molecule has 7 heteroatoms. The number of nitrogens with zero attached hydrogens (tertiary/aromatic N) is 2. The Kier molecular flexibility index (Phi) is 5.97. The standard InChI is InChI=1S/C22H31N3O3S/c1-2-24-14-12-17-15-20(10-11-21(17)24)29(27,28)25-13-6-7-18(16-25)22(26)23-19-8-4-3-5-9-19/h10-12,14-15,18-19H,2-9,13,16H2,1H3,(H,23,26). The minimum atomic E-state index is -3.61. The number of fused-ring (bicyclic) bond motifs is 1. The summed E-state index contributed by atoms with van der Waals surface area (Å²) in [6, 6.07) is 7.53. The first-order valence-electron chi connectivity index (χ1n) is 10.9. The zero-order valence-corrected chi connectivity index (χ0v) is 18.0. The Morgan fingerprint density at radius 1 is 1.10 bits per heavy atom. The number of benzene rings is 1. The van der Waals surface area contributed by atoms with Crippen molar-refractivity contribution in [2.45, 2.75) is 69.4 Å². The molecule has 1 N–H and O–H groups in total. The number of hydrogen-bond acceptors (Lipinski definition) is 3. The first-order valence-corrected chi connectivity index (χ1v) is 12.3. The molecular formula is C22H31N3O3S. The Bertz CT molecular complexity index is 976. The molecule has 1 aliphatic carbocycles. The lowest BCUT2D eigenvalue weighted by Gasteiger charge is -2.32. The topological polar surface area (TPSA) is 71.4 Å². The number of nitrogens with one attached hydrogen (secondary N) is 1. The quantitative estimate of drug-likeness (QED) is 0.809. The Morgan fingerprint density at radius 2 is 1.90 bits per heavy atom. The summed E-state index contributed by atoms with van der Waals surface area (Å²) in [6.07, 6.45) is 9.10. The van der Waals surface area contributed by atoms with Crippen LogP contribution in [0.4, 0.5) is 0 Å². The smallest absolute Gasteiger partial charge is 0.243 e. The van der Waals surface area contributed by atoms with Crippen LogP contribution in [0.5, 0.6) is 0 Å². The van der Waals surface area contributed by atoms with Gasteiger partial charge in [0.1, 0.15) is 0 Å². The molecule has 158 valence electrons. The monoisotopic (exact) mass is 417 g/mol. The highest BCUT2D eigenvalue weighted by molar-refractivity contribution is 7.89. The number of sulfonamides is 1. The van der Waals surface area contributed by atoms with Crippen molar-refractivity contribution in [2.24, 2.45) is 5.92 Å². The van der Waals surface area contributed by atoms with Gasteiger partial charge in [-0.1, -0.05) is 19.3 Å². The van der Waals surface area contributed by atoms with Crippen LogP contribution in [0.3, 0.4) is 0 Å². The number of rotatable bonds is 5. The van der Waals surface area contributed by atoms with Crippen LogP contribution in [0.1, 0.15) is 51.9 Å². The van der Waals surface area contributed by atoms with Gasteiger partial charge in [0.25, 0.3) is 0 Å². The molecule has 1 saturated carbocycles. The van der Waals surface area contributed by atoms with Crippen LogP contribution in [0.2, 0.25) is 0 Å². The molecule has 1 aromatic carbocycles. The molecule has 0 spiro atoms. The second kappa shape index (κ2) is 8.48. The molecule has 2 fully saturated rings. The van der Waals surface area contributed by atoms with Gasteiger partial charge in [0.15, 0.2) is 0 Å². The maximum Gasteiger partial charge on any atom is 0.243 e. The maximum absolute atomic E-state index is 13.3. The molecule has 1 amide bonds. The fourth-order valence-corrected chi connectivity index (χ4v) is 6.26. The highest BCUT2D eigenvalue weighted by Gasteiger charge is 2.34. The molecule has 2 aliphatic rings. The van der Waals surface area contributed by atoms with E-state index in [1.807, 2.05) is 18.3 Å². The summed E-state index contributed by atoms with van der Waals surface area (Å²) in [5.74, 6) is -0.238. The van der Waals surface area contributed by atoms with Crippen LogP contribution in [-0.4, -0.2) is 42.3 Å². The van der Waals surface area contributed by atoms with E-state index in [4.69, 9.17) is 0 Å². The van der Waals surface area contributed by atoms with Gasteiger partial charge in [-0.15, -0.1) is 0 Å². The van der Waals surface area contributed by atoms with E-state index >= 15 is 0 Å². The summed E-state index contributed by atoms with van der Waals surface area (Å²) < 4.78 is 30.1. The molecule has 2 heterocycles. The summed E-state index contributed by atoms with van der Waals surface area (Å²) >= 11 is 0. The van der Waals surface area contributed by atoms with Gasteiger partial charge in [-0.3, -0.25) is 4.79 Å². The first kappa shape index (κ1) is 20.4. The molecule has 1 aliphatic heterocycles. The molecule has 1 atom stereocenters. The summed E-state index contributed by atoms with van der Waals surface area (Å²) in [7, 11) is -3.61. The van der Waals surface area contributed by atoms with Crippen molar-refractivity contribution in [1.82, 2.24) is 14.2 Å². The zero-order chi connectivity index (χ0) is 20.4. The maximum atomic E-state index is 13.3. The number of carbonyl (C=O) groups excluding carboxylic acids is 1. The predicted octanol–water partition coefficient (Wildman–Crippen LogP) is 3.51. The molecule has 6 nitrogen and oxygen atoms in total. The predicted molar refractivity (Wildman–Crippen MR) is 114 cm³/mol. The van der Waals surface area contributed by atoms with Crippen LogP contribution in [-0.2, 0) is 21.4 Å². The van der Waals surface area contributed by atoms with Crippen LogP contribution in [0, 0.1) is 5.92 Å². The second-order valence-electron chi connectivity index (χ2n) is 8.37. The minimum absolute atomic E-state index is 0.0206. The van der Waals surface area contributed by atoms with E-state index in [0.717, 1.165) is 43.1 Å². The fourth-order valence-electron chi connectivity index (χ4n) is 4.70. The Labute approximate surface area is 173 Å². The number of carbonyl (C=O) groups is 1. The third-order valence-corrected chi connectivity index (χ3v) is 8.29. The third-order valence-electron chi connectivity index (χ3n) is 6.43. The average Bonchev–Trinajstić information content (AvgIpc) is 3.17. The molecule has 1 saturated heterocycles. The Hall–Kier alpha value is -1.86. The Balaban J connectivity index is 1.48. The lowest BCUT2D eigenvalue weighted by Crippen LogP contribution is -2.47. The lowest BCUT2D eigenvalue weighted by molar-refractivity contribution is -0.127. The van der Waals surface area contributed by atoms with Gasteiger partial charge >= 0.3 is 0 Å². The second-order valence-corrected chi connectivity index (χ2v) is 10.3. The highest BCUT2D eigenvalue weighted by atomic mass is 32.2. The van der Waals surface area contributed by atoms with Crippen LogP contribution >= 0.6 is 0 Å². The fraction of sp³-hybridized carbons (Fsp3) is 0.591. The molecule has 29 heavy (non-hydrogen) atoms. The van der Waals surface area contributed by atoms with Gasteiger partial charge in [0, 0.05) is 42.8 Å². The molecule has 2 aromatic rings. The van der Waals surface area contributed by atoms with Gasteiger partial charge in [0.05, 0.1) is 10.8 Å². The van der Waals surface area contributed by atoms with Gasteiger partial charge in [-0.05, 0) is 56.9 Å². The molecule has 0 bridgehead atoms. The molecule has 1 aromatic heterocycles. The van der Waals surface area contributed by atoms with E-state index in [1.54, 1.807) is 12.1 Å². The summed E-state index contributed by atoms with van der Waals surface area (Å²) in [6.45, 7) is 3.66. The summed E-state index contributed by atoms with van der Waals surface area (Å²) in [5, 5.41) is 4.10. The number of amides is 1. The van der Waals surface area contributed by atoms with E-state index in [1.165, 1.54) is 23.6 Å². The summed E-state index contributed by atoms with van der Waals surface area (Å²) in [4.78, 5) is 13.1. The van der Waals surface area contributed by atoms with Crippen molar-refractivity contribution >= 4 is 26.8 Å². The average molecular weight is 418 g/mol. The van der Waals surface area contributed by atoms with Crippen molar-refractivity contribution in [3.05, 3.63) is 30.5 Å². The number of aromatic nitrogens is 1. The van der Waals surface area contributed by atoms with Crippen molar-refractivity contribution < 1.29 is 13.2 Å². The van der Waals surface area contributed by atoms with Crippen LogP contribution in [0.15, 0.2) is 35.4 Å². The highest BCUT2D eigenvalue weighted by Crippen LogP contribution is 2.27. The molecule has 1 unspecified atom stereocenters. The van der Waals surface area contributed by atoms with E-state index in [0.29, 0.717) is 11.4 Å². The van der Waals surface area contributed by atoms with Gasteiger partial charge in [-0.2, -0.15) is 4.31 Å². The largest absolute Gasteiger partial charge is 0.353 e. The number of hydrogen-bond donors (Lipinski definition) is 1. The van der Waals surface area contributed by atoms with E-state index in [2.05, 4.69) is 16.8 Å². The first-order chi connectivity index (χ1) is 14.0. The van der Waals surface area contributed by atoms with E-state index < -0.39 is 10.0 Å². The van der Waals surface area contributed by atoms with Crippen molar-refractivity contribution in [3.63, 3.8) is 0 Å². The van der Waals surface area contributed by atoms with Gasteiger partial charge in [0.2, 0.25) is 15.9 Å². The van der Waals surface area contributed by atoms with E-state index in [-0.39, 0.29) is 24.4 Å². The number of aryl methyl sites for hydroxylation is 1. The van der Waals surface area contributed by atoms with E-state index in [9.17, 15) is 13.2 Å². The molecule has 0 radical (unpaired) electrons. The minimum Gasteiger partial charge on any atom is -0.353 e. The zero-order valence-electron chi connectivity index (χ0n) is 17.1. The number of piperidine rings is 1. The van der Waals surface area contributed by atoms with Crippen LogP contribution in [0.25, 0.3) is 10.9 Å². The van der Waals surface area contributed by atoms with Crippen LogP contribution < -0.4 is 5.32 Å². The summed E-state index contributed by atoms with van der Waals surface area (Å²) in [5.41, 5.74) is 1.04.